The van der Waals surface area contributed by atoms with E-state index in [0.29, 0.717) is 24.0 Å². The zero-order valence-electron chi connectivity index (χ0n) is 16.8. The summed E-state index contributed by atoms with van der Waals surface area (Å²) in [5.41, 5.74) is 3.04. The third-order valence-electron chi connectivity index (χ3n) is 4.09. The Morgan fingerprint density at radius 1 is 0.867 bits per heavy atom. The molecule has 156 valence electrons. The summed E-state index contributed by atoms with van der Waals surface area (Å²) < 4.78 is 26.6. The van der Waals surface area contributed by atoms with E-state index in [-0.39, 0.29) is 6.54 Å². The van der Waals surface area contributed by atoms with E-state index in [0.717, 1.165) is 22.1 Å². The SMILES string of the molecule is Cc1ccc(/C=C/S(=O)(=O)NCCNc2ccc(Nc3cc(C)ccn3)nn2)cc1. The van der Waals surface area contributed by atoms with Crippen molar-refractivity contribution in [2.45, 2.75) is 13.8 Å². The van der Waals surface area contributed by atoms with Crippen molar-refractivity contribution in [2.24, 2.45) is 0 Å². The van der Waals surface area contributed by atoms with Crippen LogP contribution in [-0.2, 0) is 10.0 Å². The maximum absolute atomic E-state index is 12.1. The van der Waals surface area contributed by atoms with Crippen LogP contribution in [0.2, 0.25) is 0 Å². The van der Waals surface area contributed by atoms with Crippen LogP contribution >= 0.6 is 0 Å². The number of nitrogens with zero attached hydrogens (tertiary/aromatic N) is 3. The Morgan fingerprint density at radius 2 is 1.60 bits per heavy atom. The van der Waals surface area contributed by atoms with E-state index in [2.05, 4.69) is 30.5 Å². The van der Waals surface area contributed by atoms with Crippen molar-refractivity contribution < 1.29 is 8.42 Å². The zero-order chi connectivity index (χ0) is 21.4. The first-order valence-corrected chi connectivity index (χ1v) is 11.0. The highest BCUT2D eigenvalue weighted by Crippen LogP contribution is 2.13. The molecule has 0 atom stereocenters. The zero-order valence-corrected chi connectivity index (χ0v) is 17.6. The first kappa shape index (κ1) is 21.4. The molecule has 0 saturated carbocycles. The van der Waals surface area contributed by atoms with Crippen molar-refractivity contribution in [3.05, 3.63) is 76.8 Å². The largest absolute Gasteiger partial charge is 0.367 e. The predicted octanol–water partition coefficient (Wildman–Crippen LogP) is 3.23. The van der Waals surface area contributed by atoms with Crippen LogP contribution in [0.4, 0.5) is 17.5 Å². The molecule has 3 N–H and O–H groups in total. The molecule has 0 aliphatic rings. The van der Waals surface area contributed by atoms with Crippen molar-refractivity contribution in [3.8, 4) is 0 Å². The average Bonchev–Trinajstić information content (AvgIpc) is 2.72. The van der Waals surface area contributed by atoms with Crippen LogP contribution in [0, 0.1) is 13.8 Å². The second-order valence-corrected chi connectivity index (χ2v) is 8.38. The van der Waals surface area contributed by atoms with Crippen LogP contribution in [0.3, 0.4) is 0 Å². The van der Waals surface area contributed by atoms with Gasteiger partial charge in [0, 0.05) is 24.7 Å². The quantitative estimate of drug-likeness (QED) is 0.453. The second kappa shape index (κ2) is 9.95. The van der Waals surface area contributed by atoms with Gasteiger partial charge in [-0.15, -0.1) is 10.2 Å². The van der Waals surface area contributed by atoms with Gasteiger partial charge in [0.25, 0.3) is 0 Å². The molecule has 3 aromatic rings. The summed E-state index contributed by atoms with van der Waals surface area (Å²) in [6.07, 6.45) is 3.29. The number of anilines is 3. The summed E-state index contributed by atoms with van der Waals surface area (Å²) in [6.45, 7) is 4.56. The Hall–Kier alpha value is -3.30. The average molecular weight is 425 g/mol. The molecule has 0 amide bonds. The van der Waals surface area contributed by atoms with Crippen LogP contribution in [0.25, 0.3) is 6.08 Å². The highest BCUT2D eigenvalue weighted by molar-refractivity contribution is 7.92. The van der Waals surface area contributed by atoms with Crippen molar-refractivity contribution in [1.29, 1.82) is 0 Å². The van der Waals surface area contributed by atoms with Gasteiger partial charge in [-0.2, -0.15) is 0 Å². The molecule has 0 unspecified atom stereocenters. The molecule has 2 aromatic heterocycles. The molecule has 0 fully saturated rings. The lowest BCUT2D eigenvalue weighted by molar-refractivity contribution is 0.592. The van der Waals surface area contributed by atoms with Crippen LogP contribution in [0.1, 0.15) is 16.7 Å². The van der Waals surface area contributed by atoms with E-state index >= 15 is 0 Å². The normalized spacial score (nSPS) is 11.5. The maximum atomic E-state index is 12.1. The maximum Gasteiger partial charge on any atom is 0.233 e. The molecule has 9 heteroatoms. The Morgan fingerprint density at radius 3 is 2.30 bits per heavy atom. The van der Waals surface area contributed by atoms with Crippen LogP contribution in [-0.4, -0.2) is 36.7 Å². The van der Waals surface area contributed by atoms with Crippen LogP contribution < -0.4 is 15.4 Å². The summed E-state index contributed by atoms with van der Waals surface area (Å²) in [5, 5.41) is 15.4. The summed E-state index contributed by atoms with van der Waals surface area (Å²) in [7, 11) is -3.51. The van der Waals surface area contributed by atoms with Crippen molar-refractivity contribution in [3.63, 3.8) is 0 Å². The van der Waals surface area contributed by atoms with Gasteiger partial charge in [-0.05, 0) is 55.3 Å². The number of hydrogen-bond acceptors (Lipinski definition) is 7. The van der Waals surface area contributed by atoms with E-state index < -0.39 is 10.0 Å². The van der Waals surface area contributed by atoms with Crippen molar-refractivity contribution in [1.82, 2.24) is 19.9 Å². The number of aromatic nitrogens is 3. The fraction of sp³-hybridized carbons (Fsp3) is 0.190. The molecule has 0 saturated heterocycles. The second-order valence-electron chi connectivity index (χ2n) is 6.73. The summed E-state index contributed by atoms with van der Waals surface area (Å²) in [5.74, 6) is 1.81. The van der Waals surface area contributed by atoms with E-state index in [4.69, 9.17) is 0 Å². The van der Waals surface area contributed by atoms with Crippen LogP contribution in [0.5, 0.6) is 0 Å². The summed E-state index contributed by atoms with van der Waals surface area (Å²) in [4.78, 5) is 4.21. The van der Waals surface area contributed by atoms with Gasteiger partial charge in [-0.25, -0.2) is 18.1 Å². The summed E-state index contributed by atoms with van der Waals surface area (Å²) in [6, 6.07) is 15.0. The molecule has 0 aliphatic heterocycles. The third-order valence-corrected chi connectivity index (χ3v) is 5.19. The molecule has 1 aromatic carbocycles. The fourth-order valence-electron chi connectivity index (χ4n) is 2.51. The highest BCUT2D eigenvalue weighted by Gasteiger charge is 2.05. The fourth-order valence-corrected chi connectivity index (χ4v) is 3.33. The lowest BCUT2D eigenvalue weighted by Gasteiger charge is -2.07. The first-order valence-electron chi connectivity index (χ1n) is 9.41. The lowest BCUT2D eigenvalue weighted by Crippen LogP contribution is -2.27. The molecule has 0 radical (unpaired) electrons. The number of benzene rings is 1. The minimum absolute atomic E-state index is 0.218. The van der Waals surface area contributed by atoms with E-state index in [1.54, 1.807) is 24.4 Å². The Balaban J connectivity index is 1.44. The molecule has 0 aliphatic carbocycles. The van der Waals surface area contributed by atoms with Crippen LogP contribution in [0.15, 0.2) is 60.1 Å². The molecule has 2 heterocycles. The van der Waals surface area contributed by atoms with Gasteiger partial charge in [-0.1, -0.05) is 29.8 Å². The first-order chi connectivity index (χ1) is 14.4. The minimum atomic E-state index is -3.51. The standard InChI is InChI=1S/C21H24N6O2S/c1-16-3-5-18(6-4-16)10-14-30(28,29)24-13-12-23-19-7-8-20(27-26-19)25-21-15-17(2)9-11-22-21/h3-11,14-15,24H,12-13H2,1-2H3,(H,23,26)(H,22,25,27)/b14-10+. The van der Waals surface area contributed by atoms with Gasteiger partial charge in [-0.3, -0.25) is 0 Å². The van der Waals surface area contributed by atoms with Gasteiger partial charge in [0.2, 0.25) is 10.0 Å². The molecule has 8 nitrogen and oxygen atoms in total. The van der Waals surface area contributed by atoms with Crippen molar-refractivity contribution >= 4 is 33.6 Å². The molecule has 0 bridgehead atoms. The minimum Gasteiger partial charge on any atom is -0.367 e. The predicted molar refractivity (Wildman–Crippen MR) is 120 cm³/mol. The van der Waals surface area contributed by atoms with Gasteiger partial charge in [0.05, 0.1) is 0 Å². The number of nitrogens with one attached hydrogen (secondary N) is 3. The van der Waals surface area contributed by atoms with Gasteiger partial charge in [0.1, 0.15) is 11.6 Å². The Labute approximate surface area is 176 Å². The Kier molecular flexibility index (Phi) is 7.10. The molecular formula is C21H24N6O2S. The topological polar surface area (TPSA) is 109 Å². The third kappa shape index (κ3) is 6.94. The smallest absolute Gasteiger partial charge is 0.233 e. The molecule has 30 heavy (non-hydrogen) atoms. The number of pyridine rings is 1. The van der Waals surface area contributed by atoms with E-state index in [9.17, 15) is 8.42 Å². The molecular weight excluding hydrogens is 400 g/mol. The lowest BCUT2D eigenvalue weighted by atomic mass is 10.2. The van der Waals surface area contributed by atoms with E-state index in [1.165, 1.54) is 0 Å². The monoisotopic (exact) mass is 424 g/mol. The van der Waals surface area contributed by atoms with Crippen molar-refractivity contribution in [2.75, 3.05) is 23.7 Å². The summed E-state index contributed by atoms with van der Waals surface area (Å²) >= 11 is 0. The highest BCUT2D eigenvalue weighted by atomic mass is 32.2. The number of aryl methyl sites for hydroxylation is 2. The molecule has 3 rings (SSSR count). The van der Waals surface area contributed by atoms with Gasteiger partial charge >= 0.3 is 0 Å². The number of sulfonamides is 1. The number of hydrogen-bond donors (Lipinski definition) is 3. The number of rotatable bonds is 9. The Bertz CT molecular complexity index is 1100. The van der Waals surface area contributed by atoms with E-state index in [1.807, 2.05) is 50.2 Å². The molecule has 0 spiro atoms. The van der Waals surface area contributed by atoms with Gasteiger partial charge in [0.15, 0.2) is 5.82 Å². The van der Waals surface area contributed by atoms with Gasteiger partial charge < -0.3 is 10.6 Å².